The molecule has 2 aromatic rings. The summed E-state index contributed by atoms with van der Waals surface area (Å²) < 4.78 is 6.79. The number of pyridine rings is 1. The van der Waals surface area contributed by atoms with Crippen LogP contribution in [-0.2, 0) is 0 Å². The average molecular weight is 146 g/mol. The van der Waals surface area contributed by atoms with E-state index < -0.39 is 0 Å². The Kier molecular flexibility index (Phi) is 1.04. The van der Waals surface area contributed by atoms with Gasteiger partial charge in [-0.2, -0.15) is 0 Å². The predicted molar refractivity (Wildman–Crippen MR) is 43.4 cm³/mol. The van der Waals surface area contributed by atoms with Crippen LogP contribution in [0.25, 0.3) is 10.9 Å². The van der Waals surface area contributed by atoms with Crippen LogP contribution >= 0.6 is 0 Å². The number of para-hydroxylation sites is 1. The molecule has 1 N–H and O–H groups in total. The van der Waals surface area contributed by atoms with Crippen molar-refractivity contribution in [3.8, 4) is 5.75 Å². The van der Waals surface area contributed by atoms with Crippen LogP contribution in [0.15, 0.2) is 36.5 Å². The molecule has 0 radical (unpaired) electrons. The molecule has 0 aliphatic carbocycles. The Bertz CT molecular complexity index is 397. The molecule has 2 heteroatoms. The lowest BCUT2D eigenvalue weighted by molar-refractivity contribution is 0.480. The summed E-state index contributed by atoms with van der Waals surface area (Å²) in [4.78, 5) is 4.11. The van der Waals surface area contributed by atoms with Crippen LogP contribution in [-0.4, -0.2) is 11.5 Å². The van der Waals surface area contributed by atoms with E-state index in [0.29, 0.717) is 5.75 Å². The molecule has 0 spiro atoms. The Morgan fingerprint density at radius 2 is 2.18 bits per heavy atom. The van der Waals surface area contributed by atoms with Crippen LogP contribution in [0, 0.1) is 0 Å². The summed E-state index contributed by atoms with van der Waals surface area (Å²) in [5.41, 5.74) is 0.731. The van der Waals surface area contributed by atoms with Crippen LogP contribution < -0.4 is 0 Å². The monoisotopic (exact) mass is 146 g/mol. The third kappa shape index (κ3) is 0.923. The van der Waals surface area contributed by atoms with Gasteiger partial charge in [0.25, 0.3) is 1.43 Å². The molecule has 1 heterocycles. The lowest BCUT2D eigenvalue weighted by Crippen LogP contribution is -1.76. The standard InChI is InChI=1S/C9H7NO/c11-8-5-1-3-7-4-2-6-10-9(7)8/h1-6,11H/i/hD. The molecule has 2 rings (SSSR count). The summed E-state index contributed by atoms with van der Waals surface area (Å²) >= 11 is 0. The molecule has 1 aromatic heterocycles. The number of benzene rings is 1. The average Bonchev–Trinajstić information content (AvgIpc) is 2.17. The Balaban J connectivity index is 2.79. The second kappa shape index (κ2) is 2.23. The van der Waals surface area contributed by atoms with E-state index in [2.05, 4.69) is 10.1 Å². The molecule has 0 saturated heterocycles. The van der Waals surface area contributed by atoms with Crippen LogP contribution in [0.5, 0.6) is 5.75 Å². The summed E-state index contributed by atoms with van der Waals surface area (Å²) in [6, 6.07) is 9.29. The SMILES string of the molecule is [2H]Oc1cccc2cccnc12. The molecule has 0 saturated carbocycles. The van der Waals surface area contributed by atoms with E-state index in [1.165, 1.54) is 0 Å². The maximum absolute atomic E-state index is 6.79. The number of aromatic nitrogens is 1. The van der Waals surface area contributed by atoms with Crippen molar-refractivity contribution < 1.29 is 5.11 Å². The van der Waals surface area contributed by atoms with Crippen LogP contribution in [0.1, 0.15) is 0 Å². The molecular formula is C9H7NO. The zero-order chi connectivity index (χ0) is 8.39. The van der Waals surface area contributed by atoms with E-state index in [9.17, 15) is 0 Å². The molecule has 0 fully saturated rings. The summed E-state index contributed by atoms with van der Waals surface area (Å²) in [6.07, 6.45) is 1.69. The molecule has 54 valence electrons. The fourth-order valence-electron chi connectivity index (χ4n) is 1.08. The second-order valence-electron chi connectivity index (χ2n) is 2.33. The normalized spacial score (nSPS) is 11.1. The second-order valence-corrected chi connectivity index (χ2v) is 2.33. The molecule has 2 nitrogen and oxygen atoms in total. The Hall–Kier alpha value is -1.57. The minimum atomic E-state index is 0.494. The molecular weight excluding hydrogens is 138 g/mol. The maximum Gasteiger partial charge on any atom is 0.293 e. The van der Waals surface area contributed by atoms with Gasteiger partial charge in [-0.15, -0.1) is 0 Å². The lowest BCUT2D eigenvalue weighted by Gasteiger charge is -1.96. The van der Waals surface area contributed by atoms with Gasteiger partial charge in [0.05, 0.1) is 0 Å². The molecule has 0 unspecified atom stereocenters. The van der Waals surface area contributed by atoms with Crippen molar-refractivity contribution in [3.63, 3.8) is 0 Å². The highest BCUT2D eigenvalue weighted by Gasteiger charge is 1.96. The molecule has 0 aliphatic rings. The Morgan fingerprint density at radius 3 is 3.09 bits per heavy atom. The summed E-state index contributed by atoms with van der Waals surface area (Å²) in [6.45, 7) is 0. The zero-order valence-electron chi connectivity index (χ0n) is 6.82. The first kappa shape index (κ1) is 5.13. The van der Waals surface area contributed by atoms with Crippen LogP contribution in [0.2, 0.25) is 0 Å². The quantitative estimate of drug-likeness (QED) is 0.666. The van der Waals surface area contributed by atoms with Crippen molar-refractivity contribution in [2.24, 2.45) is 0 Å². The van der Waals surface area contributed by atoms with Crippen LogP contribution in [0.3, 0.4) is 0 Å². The maximum atomic E-state index is 6.79. The van der Waals surface area contributed by atoms with E-state index in [0.717, 1.165) is 10.9 Å². The van der Waals surface area contributed by atoms with E-state index in [4.69, 9.17) is 1.43 Å². The van der Waals surface area contributed by atoms with Crippen LogP contribution in [0.4, 0.5) is 0 Å². The number of hydrogen-bond donors (Lipinski definition) is 1. The van der Waals surface area contributed by atoms with E-state index in [1.54, 1.807) is 12.3 Å². The molecule has 0 bridgehead atoms. The van der Waals surface area contributed by atoms with Crippen molar-refractivity contribution in [2.75, 3.05) is 0 Å². The third-order valence-corrected chi connectivity index (χ3v) is 1.60. The van der Waals surface area contributed by atoms with Gasteiger partial charge in [-0.3, -0.25) is 4.98 Å². The fourth-order valence-corrected chi connectivity index (χ4v) is 1.08. The lowest BCUT2D eigenvalue weighted by atomic mass is 10.2. The molecule has 0 amide bonds. The number of nitrogens with zero attached hydrogens (tertiary/aromatic N) is 1. The summed E-state index contributed by atoms with van der Waals surface area (Å²) in [5.74, 6) is 0.494. The van der Waals surface area contributed by atoms with Crippen molar-refractivity contribution >= 4 is 10.9 Å². The summed E-state index contributed by atoms with van der Waals surface area (Å²) in [7, 11) is 0. The minimum absolute atomic E-state index is 0.494. The zero-order valence-corrected chi connectivity index (χ0v) is 5.82. The van der Waals surface area contributed by atoms with Gasteiger partial charge >= 0.3 is 0 Å². The first-order chi connectivity index (χ1) is 5.92. The summed E-state index contributed by atoms with van der Waals surface area (Å²) in [5, 5.41) is 5.40. The molecule has 11 heavy (non-hydrogen) atoms. The van der Waals surface area contributed by atoms with Gasteiger partial charge in [0, 0.05) is 11.6 Å². The number of hydrogen-bond acceptors (Lipinski definition) is 2. The van der Waals surface area contributed by atoms with Gasteiger partial charge in [-0.25, -0.2) is 0 Å². The van der Waals surface area contributed by atoms with Gasteiger partial charge in [-0.1, -0.05) is 18.2 Å². The number of phenolic OH excluding ortho intramolecular Hbond substituents is 1. The van der Waals surface area contributed by atoms with Gasteiger partial charge < -0.3 is 5.11 Å². The van der Waals surface area contributed by atoms with Crippen molar-refractivity contribution in [3.05, 3.63) is 36.5 Å². The van der Waals surface area contributed by atoms with E-state index in [-0.39, 0.29) is 0 Å². The highest BCUT2D eigenvalue weighted by molar-refractivity contribution is 5.83. The van der Waals surface area contributed by atoms with Gasteiger partial charge in [-0.05, 0) is 12.1 Å². The Morgan fingerprint density at radius 1 is 1.27 bits per heavy atom. The topological polar surface area (TPSA) is 33.1 Å². The highest BCUT2D eigenvalue weighted by atomic mass is 16.3. The molecule has 0 aliphatic heterocycles. The van der Waals surface area contributed by atoms with Crippen molar-refractivity contribution in [1.82, 2.24) is 4.98 Å². The number of fused-ring (bicyclic) bond motifs is 1. The highest BCUT2D eigenvalue weighted by Crippen LogP contribution is 2.20. The number of aromatic hydroxyl groups is 1. The number of phenols is 1. The van der Waals surface area contributed by atoms with Gasteiger partial charge in [0.1, 0.15) is 11.3 Å². The van der Waals surface area contributed by atoms with Gasteiger partial charge in [0.2, 0.25) is 0 Å². The minimum Gasteiger partial charge on any atom is -0.506 e. The molecule has 0 atom stereocenters. The van der Waals surface area contributed by atoms with Gasteiger partial charge in [0.15, 0.2) is 0 Å². The first-order valence-corrected chi connectivity index (χ1v) is 3.39. The fraction of sp³-hybridized carbons (Fsp3) is 0. The van der Waals surface area contributed by atoms with E-state index >= 15 is 0 Å². The predicted octanol–water partition coefficient (Wildman–Crippen LogP) is 1.94. The number of rotatable bonds is 1. The molecule has 1 aromatic carbocycles. The Labute approximate surface area is 65.6 Å². The van der Waals surface area contributed by atoms with Crippen molar-refractivity contribution in [2.45, 2.75) is 0 Å². The first-order valence-electron chi connectivity index (χ1n) is 3.79. The smallest absolute Gasteiger partial charge is 0.293 e. The van der Waals surface area contributed by atoms with E-state index in [1.807, 2.05) is 24.3 Å². The van der Waals surface area contributed by atoms with Crippen molar-refractivity contribution in [1.29, 1.82) is 1.43 Å². The third-order valence-electron chi connectivity index (χ3n) is 1.60. The largest absolute Gasteiger partial charge is 0.506 e.